The van der Waals surface area contributed by atoms with Gasteiger partial charge in [0.1, 0.15) is 0 Å². The van der Waals surface area contributed by atoms with Crippen LogP contribution >= 0.6 is 0 Å². The number of nitrogens with one attached hydrogen (secondary N) is 1. The van der Waals surface area contributed by atoms with E-state index >= 15 is 0 Å². The molecule has 2 rings (SSSR count). The fourth-order valence-corrected chi connectivity index (χ4v) is 1.83. The van der Waals surface area contributed by atoms with Crippen LogP contribution in [-0.4, -0.2) is 16.4 Å². The van der Waals surface area contributed by atoms with Crippen molar-refractivity contribution in [1.29, 1.82) is 0 Å². The van der Waals surface area contributed by atoms with Crippen LogP contribution in [0.2, 0.25) is 0 Å². The van der Waals surface area contributed by atoms with Crippen LogP contribution in [0.4, 0.5) is 5.69 Å². The minimum absolute atomic E-state index is 0.139. The summed E-state index contributed by atoms with van der Waals surface area (Å²) in [6.07, 6.45) is 0. The molecule has 4 nitrogen and oxygen atoms in total. The first-order chi connectivity index (χ1) is 9.20. The summed E-state index contributed by atoms with van der Waals surface area (Å²) in [5.41, 5.74) is 11.9. The van der Waals surface area contributed by atoms with Gasteiger partial charge in [0, 0.05) is 12.6 Å². The SMILES string of the molecule is CC(=O)Nc1cccc(C(=[N+]=[N-])c2ccccc2)c1. The molecule has 1 amide bonds. The zero-order chi connectivity index (χ0) is 13.7. The first-order valence-corrected chi connectivity index (χ1v) is 5.86. The minimum Gasteiger partial charge on any atom is -0.361 e. The molecule has 0 saturated heterocycles. The van der Waals surface area contributed by atoms with E-state index in [0.717, 1.165) is 11.1 Å². The summed E-state index contributed by atoms with van der Waals surface area (Å²) in [4.78, 5) is 14.4. The summed E-state index contributed by atoms with van der Waals surface area (Å²) >= 11 is 0. The summed E-state index contributed by atoms with van der Waals surface area (Å²) in [5, 5.41) is 2.70. The van der Waals surface area contributed by atoms with E-state index in [1.807, 2.05) is 36.4 Å². The molecular weight excluding hydrogens is 238 g/mol. The molecule has 0 unspecified atom stereocenters. The van der Waals surface area contributed by atoms with Crippen molar-refractivity contribution in [2.75, 3.05) is 5.32 Å². The molecule has 0 radical (unpaired) electrons. The van der Waals surface area contributed by atoms with Crippen molar-refractivity contribution in [2.45, 2.75) is 6.92 Å². The Kier molecular flexibility index (Phi) is 3.86. The zero-order valence-electron chi connectivity index (χ0n) is 10.5. The first-order valence-electron chi connectivity index (χ1n) is 5.86. The number of rotatable bonds is 3. The Bertz CT molecular complexity index is 643. The second kappa shape index (κ2) is 5.76. The second-order valence-corrected chi connectivity index (χ2v) is 4.08. The van der Waals surface area contributed by atoms with Gasteiger partial charge in [0.25, 0.3) is 0 Å². The van der Waals surface area contributed by atoms with Gasteiger partial charge in [0.05, 0.1) is 11.1 Å². The van der Waals surface area contributed by atoms with Crippen molar-refractivity contribution in [2.24, 2.45) is 0 Å². The van der Waals surface area contributed by atoms with Gasteiger partial charge in [-0.3, -0.25) is 4.79 Å². The molecule has 0 aliphatic carbocycles. The van der Waals surface area contributed by atoms with Crippen LogP contribution in [0.15, 0.2) is 54.6 Å². The Labute approximate surface area is 111 Å². The van der Waals surface area contributed by atoms with Crippen LogP contribution in [0, 0.1) is 0 Å². The molecule has 0 atom stereocenters. The second-order valence-electron chi connectivity index (χ2n) is 4.08. The summed E-state index contributed by atoms with van der Waals surface area (Å²) in [7, 11) is 0. The van der Waals surface area contributed by atoms with Gasteiger partial charge in [-0.25, -0.2) is 0 Å². The van der Waals surface area contributed by atoms with E-state index in [1.54, 1.807) is 18.2 Å². The van der Waals surface area contributed by atoms with E-state index in [2.05, 4.69) is 10.1 Å². The Balaban J connectivity index is 2.40. The monoisotopic (exact) mass is 251 g/mol. The molecule has 0 bridgehead atoms. The third kappa shape index (κ3) is 3.15. The Morgan fingerprint density at radius 1 is 1.05 bits per heavy atom. The van der Waals surface area contributed by atoms with E-state index in [9.17, 15) is 10.3 Å². The molecular formula is C15H13N3O. The normalized spacial score (nSPS) is 9.53. The number of benzene rings is 2. The maximum Gasteiger partial charge on any atom is 0.329 e. The van der Waals surface area contributed by atoms with Crippen LogP contribution in [0.25, 0.3) is 5.53 Å². The van der Waals surface area contributed by atoms with Gasteiger partial charge in [-0.1, -0.05) is 24.3 Å². The van der Waals surface area contributed by atoms with E-state index in [4.69, 9.17) is 0 Å². The van der Waals surface area contributed by atoms with Crippen molar-refractivity contribution in [3.05, 3.63) is 71.3 Å². The van der Waals surface area contributed by atoms with Crippen LogP contribution in [0.3, 0.4) is 0 Å². The zero-order valence-corrected chi connectivity index (χ0v) is 10.5. The minimum atomic E-state index is -0.139. The molecule has 2 aromatic rings. The standard InChI is InChI=1S/C15H13N3O/c1-11(19)17-14-9-5-8-13(10-14)15(18-16)12-6-3-2-4-7-12/h2-10H,1H3,(H,17,19). The van der Waals surface area contributed by atoms with E-state index < -0.39 is 0 Å². The van der Waals surface area contributed by atoms with Crippen LogP contribution in [0.5, 0.6) is 0 Å². The number of hydrogen-bond acceptors (Lipinski definition) is 1. The fraction of sp³-hybridized carbons (Fsp3) is 0.0667. The van der Waals surface area contributed by atoms with Gasteiger partial charge < -0.3 is 10.8 Å². The van der Waals surface area contributed by atoms with Gasteiger partial charge in [-0.05, 0) is 30.3 Å². The highest BCUT2D eigenvalue weighted by atomic mass is 16.1. The molecule has 0 aliphatic heterocycles. The molecule has 4 heteroatoms. The molecule has 94 valence electrons. The predicted molar refractivity (Wildman–Crippen MR) is 74.0 cm³/mol. The van der Waals surface area contributed by atoms with Crippen molar-refractivity contribution in [3.8, 4) is 0 Å². The van der Waals surface area contributed by atoms with Crippen LogP contribution in [0.1, 0.15) is 18.1 Å². The maximum atomic E-state index is 11.0. The van der Waals surface area contributed by atoms with Crippen LogP contribution in [-0.2, 0) is 4.79 Å². The summed E-state index contributed by atoms with van der Waals surface area (Å²) in [6, 6.07) is 16.5. The van der Waals surface area contributed by atoms with Gasteiger partial charge in [-0.15, -0.1) is 0 Å². The van der Waals surface area contributed by atoms with Crippen molar-refractivity contribution < 1.29 is 9.58 Å². The van der Waals surface area contributed by atoms with Gasteiger partial charge in [0.2, 0.25) is 5.91 Å². The quantitative estimate of drug-likeness (QED) is 0.508. The summed E-state index contributed by atoms with van der Waals surface area (Å²) in [6.45, 7) is 1.45. The Morgan fingerprint density at radius 2 is 1.74 bits per heavy atom. The molecule has 19 heavy (non-hydrogen) atoms. The molecule has 0 saturated carbocycles. The topological polar surface area (TPSA) is 65.5 Å². The molecule has 0 aliphatic rings. The number of nitrogens with zero attached hydrogens (tertiary/aromatic N) is 2. The van der Waals surface area contributed by atoms with Gasteiger partial charge in [-0.2, -0.15) is 4.79 Å². The van der Waals surface area contributed by atoms with E-state index in [1.165, 1.54) is 6.92 Å². The summed E-state index contributed by atoms with van der Waals surface area (Å²) in [5.74, 6) is -0.139. The third-order valence-electron chi connectivity index (χ3n) is 2.60. The maximum absolute atomic E-state index is 11.0. The average Bonchev–Trinajstić information content (AvgIpc) is 2.40. The summed E-state index contributed by atoms with van der Waals surface area (Å²) < 4.78 is 0. The van der Waals surface area contributed by atoms with Crippen molar-refractivity contribution in [3.63, 3.8) is 0 Å². The lowest BCUT2D eigenvalue weighted by atomic mass is 10.0. The number of carbonyl (C=O) groups is 1. The lowest BCUT2D eigenvalue weighted by Gasteiger charge is -2.03. The average molecular weight is 251 g/mol. The largest absolute Gasteiger partial charge is 0.361 e. The fourth-order valence-electron chi connectivity index (χ4n) is 1.83. The predicted octanol–water partition coefficient (Wildman–Crippen LogP) is 2.71. The lowest BCUT2D eigenvalue weighted by molar-refractivity contribution is -0.114. The molecule has 0 fully saturated rings. The third-order valence-corrected chi connectivity index (χ3v) is 2.60. The lowest BCUT2D eigenvalue weighted by Crippen LogP contribution is -2.08. The molecule has 2 aromatic carbocycles. The number of anilines is 1. The Morgan fingerprint density at radius 3 is 2.37 bits per heavy atom. The van der Waals surface area contributed by atoms with Gasteiger partial charge >= 0.3 is 5.71 Å². The molecule has 1 N–H and O–H groups in total. The number of carbonyl (C=O) groups excluding carboxylic acids is 1. The highest BCUT2D eigenvalue weighted by Crippen LogP contribution is 2.14. The number of hydrogen-bond donors (Lipinski definition) is 1. The van der Waals surface area contributed by atoms with Crippen molar-refractivity contribution in [1.82, 2.24) is 0 Å². The van der Waals surface area contributed by atoms with E-state index in [-0.39, 0.29) is 5.91 Å². The van der Waals surface area contributed by atoms with Crippen LogP contribution < -0.4 is 5.32 Å². The number of amides is 1. The van der Waals surface area contributed by atoms with Crippen molar-refractivity contribution >= 4 is 17.3 Å². The van der Waals surface area contributed by atoms with Gasteiger partial charge in [0.15, 0.2) is 0 Å². The molecule has 0 aromatic heterocycles. The van der Waals surface area contributed by atoms with E-state index in [0.29, 0.717) is 11.4 Å². The Hall–Kier alpha value is -2.71. The highest BCUT2D eigenvalue weighted by molar-refractivity contribution is 6.09. The first kappa shape index (κ1) is 12.7. The molecule has 0 spiro atoms. The highest BCUT2D eigenvalue weighted by Gasteiger charge is 2.15. The molecule has 0 heterocycles. The smallest absolute Gasteiger partial charge is 0.329 e.